The van der Waals surface area contributed by atoms with Gasteiger partial charge in [-0.3, -0.25) is 4.79 Å². The van der Waals surface area contributed by atoms with Crippen LogP contribution in [0.25, 0.3) is 0 Å². The van der Waals surface area contributed by atoms with E-state index < -0.39 is 28.0 Å². The number of hydrogen-bond donors (Lipinski definition) is 1. The highest BCUT2D eigenvalue weighted by Gasteiger charge is 2.24. The zero-order chi connectivity index (χ0) is 21.1. The molecule has 0 spiro atoms. The van der Waals surface area contributed by atoms with Crippen LogP contribution in [0.4, 0.5) is 5.69 Å². The number of carbonyl (C=O) groups excluding carboxylic acids is 2. The lowest BCUT2D eigenvalue weighted by Gasteiger charge is -2.15. The Morgan fingerprint density at radius 3 is 2.29 bits per heavy atom. The second kappa shape index (κ2) is 8.72. The third-order valence-electron chi connectivity index (χ3n) is 3.91. The van der Waals surface area contributed by atoms with Gasteiger partial charge < -0.3 is 10.1 Å². The van der Waals surface area contributed by atoms with Crippen LogP contribution in [0.15, 0.2) is 47.4 Å². The maximum absolute atomic E-state index is 12.4. The molecule has 2 aromatic carbocycles. The van der Waals surface area contributed by atoms with Crippen molar-refractivity contribution >= 4 is 39.2 Å². The summed E-state index contributed by atoms with van der Waals surface area (Å²) in [6.07, 6.45) is -1.11. The molecule has 150 valence electrons. The molecule has 0 heterocycles. The topological polar surface area (TPSA) is 92.8 Å². The van der Waals surface area contributed by atoms with E-state index in [1.165, 1.54) is 33.2 Å². The summed E-state index contributed by atoms with van der Waals surface area (Å²) in [7, 11) is -1.00. The van der Waals surface area contributed by atoms with E-state index in [-0.39, 0.29) is 15.5 Å². The second-order valence-electron chi connectivity index (χ2n) is 6.33. The third-order valence-corrected chi connectivity index (χ3v) is 6.05. The van der Waals surface area contributed by atoms with Gasteiger partial charge in [0.25, 0.3) is 5.91 Å². The summed E-state index contributed by atoms with van der Waals surface area (Å²) in [5, 5.41) is 2.66. The SMILES string of the molecule is Cc1ccc(NC(=O)C(C)OC(=O)c2cc(S(=O)(=O)N(C)C)ccc2Cl)cc1. The Bertz CT molecular complexity index is 988. The van der Waals surface area contributed by atoms with Gasteiger partial charge in [-0.25, -0.2) is 17.5 Å². The zero-order valence-corrected chi connectivity index (χ0v) is 17.5. The molecule has 28 heavy (non-hydrogen) atoms. The number of benzene rings is 2. The zero-order valence-electron chi connectivity index (χ0n) is 15.9. The van der Waals surface area contributed by atoms with Gasteiger partial charge in [0.05, 0.1) is 15.5 Å². The predicted octanol–water partition coefficient (Wildman–Crippen LogP) is 3.08. The van der Waals surface area contributed by atoms with E-state index in [1.54, 1.807) is 12.1 Å². The van der Waals surface area contributed by atoms with Crippen LogP contribution in [0.3, 0.4) is 0 Å². The first-order chi connectivity index (χ1) is 13.0. The fourth-order valence-electron chi connectivity index (χ4n) is 2.19. The summed E-state index contributed by atoms with van der Waals surface area (Å²) in [6, 6.07) is 10.9. The van der Waals surface area contributed by atoms with Crippen LogP contribution < -0.4 is 5.32 Å². The number of sulfonamides is 1. The van der Waals surface area contributed by atoms with Crippen LogP contribution in [0.1, 0.15) is 22.8 Å². The molecular formula is C19H21ClN2O5S. The van der Waals surface area contributed by atoms with Crippen LogP contribution in [-0.2, 0) is 19.6 Å². The van der Waals surface area contributed by atoms with Crippen LogP contribution in [0.5, 0.6) is 0 Å². The van der Waals surface area contributed by atoms with E-state index in [1.807, 2.05) is 19.1 Å². The Morgan fingerprint density at radius 1 is 1.11 bits per heavy atom. The van der Waals surface area contributed by atoms with E-state index in [0.717, 1.165) is 15.9 Å². The van der Waals surface area contributed by atoms with Crippen molar-refractivity contribution in [2.75, 3.05) is 19.4 Å². The fourth-order valence-corrected chi connectivity index (χ4v) is 3.31. The molecule has 1 unspecified atom stereocenters. The summed E-state index contributed by atoms with van der Waals surface area (Å²) in [6.45, 7) is 3.33. The van der Waals surface area contributed by atoms with Gasteiger partial charge in [-0.05, 0) is 44.2 Å². The number of rotatable bonds is 6. The minimum Gasteiger partial charge on any atom is -0.449 e. The molecule has 0 aliphatic carbocycles. The standard InChI is InChI=1S/C19H21ClN2O5S/c1-12-5-7-14(8-6-12)21-18(23)13(2)27-19(24)16-11-15(9-10-17(16)20)28(25,26)22(3)4/h5-11,13H,1-4H3,(H,21,23). The number of ether oxygens (including phenoxy) is 1. The molecule has 0 bridgehead atoms. The molecule has 2 aromatic rings. The van der Waals surface area contributed by atoms with E-state index in [2.05, 4.69) is 5.32 Å². The first kappa shape index (κ1) is 21.9. The van der Waals surface area contributed by atoms with Gasteiger partial charge in [-0.2, -0.15) is 0 Å². The maximum atomic E-state index is 12.4. The monoisotopic (exact) mass is 424 g/mol. The Labute approximate surface area is 169 Å². The van der Waals surface area contributed by atoms with Gasteiger partial charge in [0.15, 0.2) is 6.10 Å². The number of nitrogens with one attached hydrogen (secondary N) is 1. The number of halogens is 1. The molecular weight excluding hydrogens is 404 g/mol. The van der Waals surface area contributed by atoms with Crippen molar-refractivity contribution < 1.29 is 22.7 Å². The Kier molecular flexibility index (Phi) is 6.82. The molecule has 0 aliphatic heterocycles. The molecule has 1 N–H and O–H groups in total. The van der Waals surface area contributed by atoms with Gasteiger partial charge in [-0.15, -0.1) is 0 Å². The lowest BCUT2D eigenvalue weighted by molar-refractivity contribution is -0.123. The Hall–Kier alpha value is -2.42. The van der Waals surface area contributed by atoms with Crippen molar-refractivity contribution in [3.63, 3.8) is 0 Å². The fraction of sp³-hybridized carbons (Fsp3) is 0.263. The predicted molar refractivity (Wildman–Crippen MR) is 107 cm³/mol. The van der Waals surface area contributed by atoms with Crippen molar-refractivity contribution in [2.24, 2.45) is 0 Å². The van der Waals surface area contributed by atoms with Crippen molar-refractivity contribution in [2.45, 2.75) is 24.8 Å². The number of esters is 1. The maximum Gasteiger partial charge on any atom is 0.340 e. The van der Waals surface area contributed by atoms with Crippen LogP contribution in [0, 0.1) is 6.92 Å². The minimum absolute atomic E-state index is 0.0221. The number of hydrogen-bond acceptors (Lipinski definition) is 5. The molecule has 0 fully saturated rings. The highest BCUT2D eigenvalue weighted by Crippen LogP contribution is 2.23. The molecule has 0 aromatic heterocycles. The number of nitrogens with zero attached hydrogens (tertiary/aromatic N) is 1. The van der Waals surface area contributed by atoms with Crippen LogP contribution >= 0.6 is 11.6 Å². The first-order valence-electron chi connectivity index (χ1n) is 8.33. The van der Waals surface area contributed by atoms with Gasteiger partial charge in [-0.1, -0.05) is 29.3 Å². The Balaban J connectivity index is 2.15. The highest BCUT2D eigenvalue weighted by molar-refractivity contribution is 7.89. The number of carbonyl (C=O) groups is 2. The van der Waals surface area contributed by atoms with Gasteiger partial charge in [0.1, 0.15) is 0 Å². The highest BCUT2D eigenvalue weighted by atomic mass is 35.5. The van der Waals surface area contributed by atoms with Crippen molar-refractivity contribution in [3.8, 4) is 0 Å². The summed E-state index contributed by atoms with van der Waals surface area (Å²) in [5.74, 6) is -1.42. The lowest BCUT2D eigenvalue weighted by Crippen LogP contribution is -2.30. The van der Waals surface area contributed by atoms with Crippen LogP contribution in [-0.4, -0.2) is 44.8 Å². The first-order valence-corrected chi connectivity index (χ1v) is 10.1. The molecule has 0 aliphatic rings. The van der Waals surface area contributed by atoms with Crippen molar-refractivity contribution in [1.82, 2.24) is 4.31 Å². The molecule has 0 saturated carbocycles. The molecule has 0 saturated heterocycles. The smallest absolute Gasteiger partial charge is 0.340 e. The summed E-state index contributed by atoms with van der Waals surface area (Å²) in [4.78, 5) is 24.6. The molecule has 9 heteroatoms. The lowest BCUT2D eigenvalue weighted by atomic mass is 10.2. The van der Waals surface area contributed by atoms with Crippen LogP contribution in [0.2, 0.25) is 5.02 Å². The molecule has 2 rings (SSSR count). The average Bonchev–Trinajstić information content (AvgIpc) is 2.63. The molecule has 0 radical (unpaired) electrons. The summed E-state index contributed by atoms with van der Waals surface area (Å²) >= 11 is 6.02. The molecule has 1 atom stereocenters. The largest absolute Gasteiger partial charge is 0.449 e. The minimum atomic E-state index is -3.75. The summed E-state index contributed by atoms with van der Waals surface area (Å²) < 4.78 is 30.7. The van der Waals surface area contributed by atoms with E-state index in [9.17, 15) is 18.0 Å². The summed E-state index contributed by atoms with van der Waals surface area (Å²) in [5.41, 5.74) is 1.47. The number of amides is 1. The second-order valence-corrected chi connectivity index (χ2v) is 8.89. The van der Waals surface area contributed by atoms with Gasteiger partial charge in [0.2, 0.25) is 10.0 Å². The molecule has 7 nitrogen and oxygen atoms in total. The molecule has 1 amide bonds. The van der Waals surface area contributed by atoms with Gasteiger partial charge >= 0.3 is 5.97 Å². The number of anilines is 1. The van der Waals surface area contributed by atoms with Crippen molar-refractivity contribution in [3.05, 3.63) is 58.6 Å². The average molecular weight is 425 g/mol. The van der Waals surface area contributed by atoms with Gasteiger partial charge in [0, 0.05) is 19.8 Å². The number of aryl methyl sites for hydroxylation is 1. The quantitative estimate of drug-likeness (QED) is 0.719. The van der Waals surface area contributed by atoms with E-state index >= 15 is 0 Å². The van der Waals surface area contributed by atoms with E-state index in [0.29, 0.717) is 5.69 Å². The van der Waals surface area contributed by atoms with E-state index in [4.69, 9.17) is 16.3 Å². The normalized spacial score (nSPS) is 12.5. The third kappa shape index (κ3) is 5.09. The van der Waals surface area contributed by atoms with Crippen molar-refractivity contribution in [1.29, 1.82) is 0 Å². The Morgan fingerprint density at radius 2 is 1.71 bits per heavy atom.